The number of nitriles is 1. The number of anilines is 1. The zero-order valence-corrected chi connectivity index (χ0v) is 9.90. The number of pyridine rings is 1. The quantitative estimate of drug-likeness (QED) is 0.738. The third kappa shape index (κ3) is 4.28. The SMILES string of the molecule is CN(C)CCCCNc1ncccc1C#N. The first-order valence-corrected chi connectivity index (χ1v) is 5.47. The van der Waals surface area contributed by atoms with Gasteiger partial charge in [-0.25, -0.2) is 4.98 Å². The summed E-state index contributed by atoms with van der Waals surface area (Å²) in [6.07, 6.45) is 3.93. The molecule has 0 aromatic carbocycles. The first-order valence-electron chi connectivity index (χ1n) is 5.47. The normalized spacial score (nSPS) is 10.1. The Bertz CT molecular complexity index is 354. The average molecular weight is 218 g/mol. The second kappa shape index (κ2) is 6.81. The number of aromatic nitrogens is 1. The summed E-state index contributed by atoms with van der Waals surface area (Å²) < 4.78 is 0. The lowest BCUT2D eigenvalue weighted by Crippen LogP contribution is -2.14. The highest BCUT2D eigenvalue weighted by Crippen LogP contribution is 2.09. The van der Waals surface area contributed by atoms with E-state index in [1.54, 1.807) is 18.3 Å². The molecule has 0 aliphatic carbocycles. The number of hydrogen-bond acceptors (Lipinski definition) is 4. The van der Waals surface area contributed by atoms with Crippen LogP contribution < -0.4 is 5.32 Å². The molecule has 1 aromatic rings. The van der Waals surface area contributed by atoms with Crippen molar-refractivity contribution >= 4 is 5.82 Å². The van der Waals surface area contributed by atoms with Gasteiger partial charge in [-0.1, -0.05) is 0 Å². The Labute approximate surface area is 96.9 Å². The third-order valence-corrected chi connectivity index (χ3v) is 2.25. The molecular formula is C12H18N4. The van der Waals surface area contributed by atoms with Gasteiger partial charge in [0.25, 0.3) is 0 Å². The summed E-state index contributed by atoms with van der Waals surface area (Å²) in [4.78, 5) is 6.31. The molecule has 4 heteroatoms. The second-order valence-electron chi connectivity index (χ2n) is 3.95. The van der Waals surface area contributed by atoms with Crippen molar-refractivity contribution < 1.29 is 0 Å². The molecule has 0 aliphatic rings. The van der Waals surface area contributed by atoms with E-state index in [1.807, 2.05) is 0 Å². The van der Waals surface area contributed by atoms with Crippen LogP contribution in [0.1, 0.15) is 18.4 Å². The number of hydrogen-bond donors (Lipinski definition) is 1. The number of unbranched alkanes of at least 4 members (excludes halogenated alkanes) is 1. The maximum Gasteiger partial charge on any atom is 0.143 e. The summed E-state index contributed by atoms with van der Waals surface area (Å²) in [5.41, 5.74) is 0.607. The highest BCUT2D eigenvalue weighted by atomic mass is 15.0. The topological polar surface area (TPSA) is 52.0 Å². The summed E-state index contributed by atoms with van der Waals surface area (Å²) in [5.74, 6) is 0.690. The van der Waals surface area contributed by atoms with Gasteiger partial charge in [-0.3, -0.25) is 0 Å². The van der Waals surface area contributed by atoms with E-state index in [0.29, 0.717) is 11.4 Å². The van der Waals surface area contributed by atoms with Gasteiger partial charge >= 0.3 is 0 Å². The third-order valence-electron chi connectivity index (χ3n) is 2.25. The molecule has 0 radical (unpaired) electrons. The van der Waals surface area contributed by atoms with Crippen molar-refractivity contribution in [2.45, 2.75) is 12.8 Å². The molecule has 86 valence electrons. The van der Waals surface area contributed by atoms with E-state index in [4.69, 9.17) is 5.26 Å². The van der Waals surface area contributed by atoms with E-state index in [2.05, 4.69) is 35.4 Å². The van der Waals surface area contributed by atoms with Gasteiger partial charge in [0, 0.05) is 12.7 Å². The molecule has 1 aromatic heterocycles. The van der Waals surface area contributed by atoms with Crippen molar-refractivity contribution in [3.8, 4) is 6.07 Å². The molecule has 1 heterocycles. The summed E-state index contributed by atoms with van der Waals surface area (Å²) >= 11 is 0. The Balaban J connectivity index is 2.30. The number of nitrogens with one attached hydrogen (secondary N) is 1. The highest BCUT2D eigenvalue weighted by molar-refractivity contribution is 5.50. The van der Waals surface area contributed by atoms with Crippen LogP contribution in [0.3, 0.4) is 0 Å². The molecule has 0 unspecified atom stereocenters. The summed E-state index contributed by atoms with van der Waals surface area (Å²) in [6, 6.07) is 5.67. The van der Waals surface area contributed by atoms with Crippen LogP contribution >= 0.6 is 0 Å². The monoisotopic (exact) mass is 218 g/mol. The van der Waals surface area contributed by atoms with Crippen LogP contribution in [0.5, 0.6) is 0 Å². The Morgan fingerprint density at radius 3 is 2.94 bits per heavy atom. The molecule has 0 atom stereocenters. The van der Waals surface area contributed by atoms with Gasteiger partial charge in [-0.05, 0) is 45.6 Å². The van der Waals surface area contributed by atoms with Crippen LogP contribution in [0.25, 0.3) is 0 Å². The number of rotatable bonds is 6. The van der Waals surface area contributed by atoms with Gasteiger partial charge in [0.15, 0.2) is 0 Å². The van der Waals surface area contributed by atoms with Crippen molar-refractivity contribution in [1.29, 1.82) is 5.26 Å². The van der Waals surface area contributed by atoms with E-state index < -0.39 is 0 Å². The summed E-state index contributed by atoms with van der Waals surface area (Å²) in [7, 11) is 4.14. The molecule has 0 aliphatic heterocycles. The van der Waals surface area contributed by atoms with Crippen molar-refractivity contribution in [1.82, 2.24) is 9.88 Å². The minimum Gasteiger partial charge on any atom is -0.369 e. The molecule has 0 amide bonds. The van der Waals surface area contributed by atoms with E-state index in [-0.39, 0.29) is 0 Å². The predicted molar refractivity (Wildman–Crippen MR) is 65.2 cm³/mol. The van der Waals surface area contributed by atoms with Crippen LogP contribution in [-0.2, 0) is 0 Å². The molecule has 0 spiro atoms. The van der Waals surface area contributed by atoms with Gasteiger partial charge in [-0.15, -0.1) is 0 Å². The molecule has 1 N–H and O–H groups in total. The first kappa shape index (κ1) is 12.5. The van der Waals surface area contributed by atoms with Gasteiger partial charge in [0.05, 0.1) is 5.56 Å². The predicted octanol–water partition coefficient (Wildman–Crippen LogP) is 1.71. The molecule has 0 fully saturated rings. The van der Waals surface area contributed by atoms with E-state index in [1.165, 1.54) is 0 Å². The maximum absolute atomic E-state index is 8.86. The van der Waals surface area contributed by atoms with Crippen molar-refractivity contribution in [3.05, 3.63) is 23.9 Å². The molecule has 0 saturated heterocycles. The minimum absolute atomic E-state index is 0.607. The fraction of sp³-hybridized carbons (Fsp3) is 0.500. The van der Waals surface area contributed by atoms with Gasteiger partial charge in [-0.2, -0.15) is 5.26 Å². The lowest BCUT2D eigenvalue weighted by atomic mass is 10.2. The Hall–Kier alpha value is -1.60. The zero-order chi connectivity index (χ0) is 11.8. The maximum atomic E-state index is 8.86. The average Bonchev–Trinajstić information content (AvgIpc) is 2.29. The lowest BCUT2D eigenvalue weighted by molar-refractivity contribution is 0.396. The van der Waals surface area contributed by atoms with Gasteiger partial charge in [0.2, 0.25) is 0 Å². The minimum atomic E-state index is 0.607. The van der Waals surface area contributed by atoms with Crippen LogP contribution in [0.15, 0.2) is 18.3 Å². The Morgan fingerprint density at radius 2 is 2.25 bits per heavy atom. The van der Waals surface area contributed by atoms with Gasteiger partial charge in [0.1, 0.15) is 11.9 Å². The van der Waals surface area contributed by atoms with Crippen molar-refractivity contribution in [2.24, 2.45) is 0 Å². The zero-order valence-electron chi connectivity index (χ0n) is 9.90. The van der Waals surface area contributed by atoms with Gasteiger partial charge < -0.3 is 10.2 Å². The van der Waals surface area contributed by atoms with Crippen LogP contribution in [-0.4, -0.2) is 37.1 Å². The number of nitrogens with zero attached hydrogens (tertiary/aromatic N) is 3. The lowest BCUT2D eigenvalue weighted by Gasteiger charge is -2.10. The fourth-order valence-electron chi connectivity index (χ4n) is 1.40. The van der Waals surface area contributed by atoms with Crippen LogP contribution in [0.4, 0.5) is 5.82 Å². The first-order chi connectivity index (χ1) is 7.74. The Morgan fingerprint density at radius 1 is 1.44 bits per heavy atom. The molecule has 0 saturated carbocycles. The van der Waals surface area contributed by atoms with Crippen molar-refractivity contribution in [2.75, 3.05) is 32.5 Å². The molecular weight excluding hydrogens is 200 g/mol. The largest absolute Gasteiger partial charge is 0.369 e. The highest BCUT2D eigenvalue weighted by Gasteiger charge is 2.00. The standard InChI is InChI=1S/C12H18N4/c1-16(2)9-4-3-7-14-12-11(10-13)6-5-8-15-12/h5-6,8H,3-4,7,9H2,1-2H3,(H,14,15). The smallest absolute Gasteiger partial charge is 0.143 e. The van der Waals surface area contributed by atoms with Crippen LogP contribution in [0, 0.1) is 11.3 Å². The fourth-order valence-corrected chi connectivity index (χ4v) is 1.40. The molecule has 4 nitrogen and oxygen atoms in total. The van der Waals surface area contributed by atoms with Crippen LogP contribution in [0.2, 0.25) is 0 Å². The van der Waals surface area contributed by atoms with Crippen molar-refractivity contribution in [3.63, 3.8) is 0 Å². The van der Waals surface area contributed by atoms with E-state index in [9.17, 15) is 0 Å². The molecule has 0 bridgehead atoms. The molecule has 1 rings (SSSR count). The second-order valence-corrected chi connectivity index (χ2v) is 3.95. The summed E-state index contributed by atoms with van der Waals surface area (Å²) in [6.45, 7) is 1.95. The Kier molecular flexibility index (Phi) is 5.30. The molecule has 16 heavy (non-hydrogen) atoms. The van der Waals surface area contributed by atoms with E-state index >= 15 is 0 Å². The van der Waals surface area contributed by atoms with E-state index in [0.717, 1.165) is 25.9 Å². The summed E-state index contributed by atoms with van der Waals surface area (Å²) in [5, 5.41) is 12.0.